The average molecular weight is 275 g/mol. The van der Waals surface area contributed by atoms with Gasteiger partial charge in [0.05, 0.1) is 5.92 Å². The van der Waals surface area contributed by atoms with Crippen LogP contribution in [0.3, 0.4) is 0 Å². The first-order valence-corrected chi connectivity index (χ1v) is 6.99. The number of likely N-dealkylation sites (tertiary alicyclic amines) is 1. The normalized spacial score (nSPS) is 22.6. The van der Waals surface area contributed by atoms with Gasteiger partial charge in [-0.3, -0.25) is 9.59 Å². The highest BCUT2D eigenvalue weighted by molar-refractivity contribution is 5.94. The quantitative estimate of drug-likeness (QED) is 0.902. The van der Waals surface area contributed by atoms with Gasteiger partial charge in [-0.05, 0) is 49.4 Å². The Hall–Kier alpha value is -1.84. The molecular formula is C16H21NO3. The van der Waals surface area contributed by atoms with Crippen molar-refractivity contribution in [2.24, 2.45) is 11.8 Å². The molecule has 1 heterocycles. The summed E-state index contributed by atoms with van der Waals surface area (Å²) in [6.45, 7) is 6.95. The van der Waals surface area contributed by atoms with Gasteiger partial charge in [-0.1, -0.05) is 13.0 Å². The van der Waals surface area contributed by atoms with Gasteiger partial charge in [-0.25, -0.2) is 0 Å². The lowest BCUT2D eigenvalue weighted by Gasteiger charge is -2.35. The molecule has 0 aliphatic carbocycles. The highest BCUT2D eigenvalue weighted by Gasteiger charge is 2.33. The van der Waals surface area contributed by atoms with Crippen LogP contribution in [0.2, 0.25) is 0 Å². The molecule has 1 amide bonds. The number of nitrogens with zero attached hydrogens (tertiary/aromatic N) is 1. The van der Waals surface area contributed by atoms with Gasteiger partial charge in [0.15, 0.2) is 0 Å². The van der Waals surface area contributed by atoms with E-state index in [9.17, 15) is 9.59 Å². The van der Waals surface area contributed by atoms with Gasteiger partial charge >= 0.3 is 5.97 Å². The zero-order valence-corrected chi connectivity index (χ0v) is 12.2. The Balaban J connectivity index is 2.11. The van der Waals surface area contributed by atoms with E-state index in [2.05, 4.69) is 0 Å². The zero-order valence-electron chi connectivity index (χ0n) is 12.2. The first-order valence-electron chi connectivity index (χ1n) is 6.99. The van der Waals surface area contributed by atoms with Gasteiger partial charge in [0.1, 0.15) is 0 Å². The topological polar surface area (TPSA) is 57.6 Å². The Labute approximate surface area is 119 Å². The van der Waals surface area contributed by atoms with E-state index in [0.717, 1.165) is 5.56 Å². The maximum absolute atomic E-state index is 12.5. The number of amides is 1. The zero-order chi connectivity index (χ0) is 14.9. The molecule has 1 aromatic carbocycles. The van der Waals surface area contributed by atoms with Crippen molar-refractivity contribution < 1.29 is 14.7 Å². The Morgan fingerprint density at radius 2 is 1.95 bits per heavy atom. The molecule has 1 saturated heterocycles. The van der Waals surface area contributed by atoms with Crippen LogP contribution >= 0.6 is 0 Å². The number of benzene rings is 1. The average Bonchev–Trinajstić information content (AvgIpc) is 2.40. The molecule has 108 valence electrons. The molecule has 1 fully saturated rings. The van der Waals surface area contributed by atoms with E-state index >= 15 is 0 Å². The van der Waals surface area contributed by atoms with E-state index in [1.165, 1.54) is 5.56 Å². The first-order chi connectivity index (χ1) is 9.40. The third kappa shape index (κ3) is 2.84. The summed E-state index contributed by atoms with van der Waals surface area (Å²) < 4.78 is 0. The second-order valence-corrected chi connectivity index (χ2v) is 5.76. The second-order valence-electron chi connectivity index (χ2n) is 5.76. The maximum atomic E-state index is 12.5. The van der Waals surface area contributed by atoms with Gasteiger partial charge in [0.25, 0.3) is 5.91 Å². The maximum Gasteiger partial charge on any atom is 0.306 e. The molecule has 4 heteroatoms. The molecule has 1 N–H and O–H groups in total. The summed E-state index contributed by atoms with van der Waals surface area (Å²) >= 11 is 0. The number of aryl methyl sites for hydroxylation is 2. The van der Waals surface area contributed by atoms with Crippen molar-refractivity contribution >= 4 is 11.9 Å². The predicted octanol–water partition coefficient (Wildman–Crippen LogP) is 2.49. The monoisotopic (exact) mass is 275 g/mol. The molecule has 0 aromatic heterocycles. The molecule has 1 aliphatic heterocycles. The van der Waals surface area contributed by atoms with Crippen molar-refractivity contribution in [3.63, 3.8) is 0 Å². The molecule has 0 unspecified atom stereocenters. The third-order valence-electron chi connectivity index (χ3n) is 4.26. The fourth-order valence-electron chi connectivity index (χ4n) is 2.75. The van der Waals surface area contributed by atoms with Crippen LogP contribution in [0.5, 0.6) is 0 Å². The molecule has 0 bridgehead atoms. The van der Waals surface area contributed by atoms with Crippen LogP contribution < -0.4 is 0 Å². The lowest BCUT2D eigenvalue weighted by atomic mass is 9.86. The lowest BCUT2D eigenvalue weighted by Crippen LogP contribution is -2.45. The summed E-state index contributed by atoms with van der Waals surface area (Å²) in [4.78, 5) is 25.3. The van der Waals surface area contributed by atoms with Crippen molar-refractivity contribution in [2.75, 3.05) is 13.1 Å². The van der Waals surface area contributed by atoms with E-state index in [-0.39, 0.29) is 17.7 Å². The van der Waals surface area contributed by atoms with Gasteiger partial charge in [0, 0.05) is 18.7 Å². The summed E-state index contributed by atoms with van der Waals surface area (Å²) in [6, 6.07) is 5.71. The van der Waals surface area contributed by atoms with E-state index in [1.807, 2.05) is 39.0 Å². The Morgan fingerprint density at radius 1 is 1.25 bits per heavy atom. The summed E-state index contributed by atoms with van der Waals surface area (Å²) in [5.74, 6) is -1.09. The summed E-state index contributed by atoms with van der Waals surface area (Å²) in [5, 5.41) is 9.11. The number of piperidine rings is 1. The number of hydrogen-bond donors (Lipinski definition) is 1. The summed E-state index contributed by atoms with van der Waals surface area (Å²) in [5.41, 5.74) is 2.96. The van der Waals surface area contributed by atoms with Gasteiger partial charge in [0.2, 0.25) is 0 Å². The number of aliphatic carboxylic acids is 1. The van der Waals surface area contributed by atoms with Gasteiger partial charge in [-0.15, -0.1) is 0 Å². The Morgan fingerprint density at radius 3 is 2.50 bits per heavy atom. The molecule has 2 atom stereocenters. The van der Waals surface area contributed by atoms with Crippen LogP contribution in [-0.4, -0.2) is 35.0 Å². The number of hydrogen-bond acceptors (Lipinski definition) is 2. The number of rotatable bonds is 2. The smallest absolute Gasteiger partial charge is 0.306 e. The largest absolute Gasteiger partial charge is 0.481 e. The third-order valence-corrected chi connectivity index (χ3v) is 4.26. The molecule has 2 rings (SSSR count). The van der Waals surface area contributed by atoms with Gasteiger partial charge in [-0.2, -0.15) is 0 Å². The minimum atomic E-state index is -0.754. The number of carboxylic acids is 1. The SMILES string of the molecule is Cc1ccc(C(=O)N2CC[C@H](C(=O)O)[C@H](C)C2)cc1C. The minimum Gasteiger partial charge on any atom is -0.481 e. The van der Waals surface area contributed by atoms with Crippen molar-refractivity contribution in [3.8, 4) is 0 Å². The minimum absolute atomic E-state index is 0.00301. The number of carbonyl (C=O) groups excluding carboxylic acids is 1. The fraction of sp³-hybridized carbons (Fsp3) is 0.500. The van der Waals surface area contributed by atoms with Crippen LogP contribution in [0.15, 0.2) is 18.2 Å². The Kier molecular flexibility index (Phi) is 4.12. The van der Waals surface area contributed by atoms with Gasteiger partial charge < -0.3 is 10.0 Å². The van der Waals surface area contributed by atoms with E-state index in [0.29, 0.717) is 25.1 Å². The highest BCUT2D eigenvalue weighted by Crippen LogP contribution is 2.25. The second kappa shape index (κ2) is 5.65. The number of carbonyl (C=O) groups is 2. The van der Waals surface area contributed by atoms with Crippen LogP contribution in [0.1, 0.15) is 34.8 Å². The van der Waals surface area contributed by atoms with Crippen molar-refractivity contribution in [3.05, 3.63) is 34.9 Å². The molecule has 1 aromatic rings. The van der Waals surface area contributed by atoms with E-state index < -0.39 is 5.97 Å². The van der Waals surface area contributed by atoms with Crippen LogP contribution in [0.4, 0.5) is 0 Å². The summed E-state index contributed by atoms with van der Waals surface area (Å²) in [7, 11) is 0. The molecule has 0 spiro atoms. The molecule has 0 saturated carbocycles. The summed E-state index contributed by atoms with van der Waals surface area (Å²) in [6.07, 6.45) is 0.535. The van der Waals surface area contributed by atoms with Crippen LogP contribution in [0, 0.1) is 25.7 Å². The molecule has 0 radical (unpaired) electrons. The standard InChI is InChI=1S/C16H21NO3/c1-10-4-5-13(8-11(10)2)15(18)17-7-6-14(16(19)20)12(3)9-17/h4-5,8,12,14H,6-7,9H2,1-3H3,(H,19,20)/t12-,14+/m1/s1. The predicted molar refractivity (Wildman–Crippen MR) is 76.7 cm³/mol. The van der Waals surface area contributed by atoms with E-state index in [1.54, 1.807) is 4.90 Å². The lowest BCUT2D eigenvalue weighted by molar-refractivity contribution is -0.145. The van der Waals surface area contributed by atoms with E-state index in [4.69, 9.17) is 5.11 Å². The first kappa shape index (κ1) is 14.6. The fourth-order valence-corrected chi connectivity index (χ4v) is 2.75. The number of carboxylic acid groups (broad SMARTS) is 1. The van der Waals surface area contributed by atoms with Crippen LogP contribution in [0.25, 0.3) is 0 Å². The molecule has 4 nitrogen and oxygen atoms in total. The van der Waals surface area contributed by atoms with Crippen LogP contribution in [-0.2, 0) is 4.79 Å². The molecule has 1 aliphatic rings. The molecule has 20 heavy (non-hydrogen) atoms. The van der Waals surface area contributed by atoms with Crippen molar-refractivity contribution in [1.82, 2.24) is 4.90 Å². The molecular weight excluding hydrogens is 254 g/mol. The van der Waals surface area contributed by atoms with Crippen molar-refractivity contribution in [2.45, 2.75) is 27.2 Å². The Bertz CT molecular complexity index is 539. The van der Waals surface area contributed by atoms with Crippen molar-refractivity contribution in [1.29, 1.82) is 0 Å². The highest BCUT2D eigenvalue weighted by atomic mass is 16.4.